The molecule has 3 rings (SSSR count). The van der Waals surface area contributed by atoms with Crippen LogP contribution in [0.5, 0.6) is 0 Å². The number of amides is 2. The third kappa shape index (κ3) is 4.71. The first-order chi connectivity index (χ1) is 13.1. The summed E-state index contributed by atoms with van der Waals surface area (Å²) in [6.45, 7) is 2.78. The zero-order valence-electron chi connectivity index (χ0n) is 15.5. The molecule has 7 nitrogen and oxygen atoms in total. The van der Waals surface area contributed by atoms with Crippen molar-refractivity contribution in [1.29, 1.82) is 0 Å². The van der Waals surface area contributed by atoms with E-state index in [-0.39, 0.29) is 37.6 Å². The minimum atomic E-state index is -2.65. The molecule has 28 heavy (non-hydrogen) atoms. The number of rotatable bonds is 4. The van der Waals surface area contributed by atoms with E-state index in [2.05, 4.69) is 31.5 Å². The molecular formula is C18H23BrF2N4O3. The van der Waals surface area contributed by atoms with Gasteiger partial charge in [-0.2, -0.15) is 0 Å². The predicted molar refractivity (Wildman–Crippen MR) is 103 cm³/mol. The zero-order chi connectivity index (χ0) is 20.5. The molecule has 2 heterocycles. The lowest BCUT2D eigenvalue weighted by Crippen LogP contribution is -2.47. The Labute approximate surface area is 170 Å². The van der Waals surface area contributed by atoms with Gasteiger partial charge in [0.15, 0.2) is 0 Å². The highest BCUT2D eigenvalue weighted by Gasteiger charge is 2.38. The van der Waals surface area contributed by atoms with Crippen molar-refractivity contribution in [2.24, 2.45) is 0 Å². The van der Waals surface area contributed by atoms with Crippen molar-refractivity contribution < 1.29 is 23.5 Å². The van der Waals surface area contributed by atoms with Gasteiger partial charge in [0.1, 0.15) is 0 Å². The number of aromatic nitrogens is 1. The van der Waals surface area contributed by atoms with Crippen molar-refractivity contribution in [2.45, 2.75) is 56.5 Å². The van der Waals surface area contributed by atoms with Crippen LogP contribution in [0, 0.1) is 0 Å². The standard InChI is InChI=1S/C18H23BrF2N4O3/c1-17(24-16(27)28)6-7-25(10-17)14-12(8-22-9-13(14)19)15(26)23-11-2-4-18(20,21)5-3-11/h8-9,11,24H,2-7,10H2,1H3,(H,23,26)(H,27,28). The van der Waals surface area contributed by atoms with Crippen molar-refractivity contribution in [2.75, 3.05) is 18.0 Å². The lowest BCUT2D eigenvalue weighted by Gasteiger charge is -2.30. The summed E-state index contributed by atoms with van der Waals surface area (Å²) in [5.74, 6) is -3.01. The SMILES string of the molecule is CC1(NC(=O)O)CCN(c2c(Br)cncc2C(=O)NC2CCC(F)(F)CC2)C1. The Morgan fingerprint density at radius 2 is 1.96 bits per heavy atom. The van der Waals surface area contributed by atoms with Gasteiger partial charge < -0.3 is 20.6 Å². The molecule has 0 bridgehead atoms. The number of halogens is 3. The number of nitrogens with one attached hydrogen (secondary N) is 2. The minimum Gasteiger partial charge on any atom is -0.465 e. The highest BCUT2D eigenvalue weighted by Crippen LogP contribution is 2.36. The van der Waals surface area contributed by atoms with E-state index in [1.807, 2.05) is 11.8 Å². The highest BCUT2D eigenvalue weighted by molar-refractivity contribution is 9.10. The minimum absolute atomic E-state index is 0.229. The van der Waals surface area contributed by atoms with Crippen LogP contribution in [0.4, 0.5) is 19.3 Å². The number of nitrogens with zero attached hydrogens (tertiary/aromatic N) is 2. The van der Waals surface area contributed by atoms with Crippen molar-refractivity contribution in [1.82, 2.24) is 15.6 Å². The normalized spacial score (nSPS) is 24.8. The first-order valence-electron chi connectivity index (χ1n) is 9.17. The number of hydrogen-bond donors (Lipinski definition) is 3. The topological polar surface area (TPSA) is 94.6 Å². The number of carbonyl (C=O) groups is 2. The second-order valence-corrected chi connectivity index (χ2v) is 8.64. The molecular weight excluding hydrogens is 438 g/mol. The predicted octanol–water partition coefficient (Wildman–Crippen LogP) is 3.39. The first kappa shape index (κ1) is 20.8. The van der Waals surface area contributed by atoms with Crippen molar-refractivity contribution in [3.8, 4) is 0 Å². The molecule has 1 unspecified atom stereocenters. The summed E-state index contributed by atoms with van der Waals surface area (Å²) in [6, 6.07) is -0.295. The molecule has 0 spiro atoms. The number of carbonyl (C=O) groups excluding carboxylic acids is 1. The smallest absolute Gasteiger partial charge is 0.405 e. The largest absolute Gasteiger partial charge is 0.465 e. The van der Waals surface area contributed by atoms with E-state index in [1.54, 1.807) is 6.20 Å². The molecule has 1 saturated heterocycles. The molecule has 1 aromatic rings. The van der Waals surface area contributed by atoms with E-state index in [0.29, 0.717) is 35.2 Å². The molecule has 10 heteroatoms. The summed E-state index contributed by atoms with van der Waals surface area (Å²) in [4.78, 5) is 29.9. The molecule has 2 aliphatic rings. The van der Waals surface area contributed by atoms with Crippen LogP contribution < -0.4 is 15.5 Å². The summed E-state index contributed by atoms with van der Waals surface area (Å²) in [6.07, 6.45) is 2.54. The van der Waals surface area contributed by atoms with Crippen LogP contribution >= 0.6 is 15.9 Å². The molecule has 154 valence electrons. The molecule has 3 N–H and O–H groups in total. The van der Waals surface area contributed by atoms with Gasteiger partial charge in [-0.05, 0) is 42.1 Å². The van der Waals surface area contributed by atoms with Crippen LogP contribution in [0.25, 0.3) is 0 Å². The molecule has 1 saturated carbocycles. The molecule has 1 aliphatic heterocycles. The Hall–Kier alpha value is -1.97. The average molecular weight is 461 g/mol. The Bertz CT molecular complexity index is 769. The zero-order valence-corrected chi connectivity index (χ0v) is 17.1. The van der Waals surface area contributed by atoms with Crippen LogP contribution in [-0.4, -0.2) is 52.7 Å². The third-order valence-electron chi connectivity index (χ3n) is 5.37. The summed E-state index contributed by atoms with van der Waals surface area (Å²) in [5.41, 5.74) is 0.341. The number of alkyl halides is 2. The lowest BCUT2D eigenvalue weighted by atomic mass is 9.92. The van der Waals surface area contributed by atoms with Crippen LogP contribution in [0.3, 0.4) is 0 Å². The van der Waals surface area contributed by atoms with E-state index in [9.17, 15) is 18.4 Å². The summed E-state index contributed by atoms with van der Waals surface area (Å²) in [5, 5.41) is 14.4. The maximum atomic E-state index is 13.3. The Kier molecular flexibility index (Phi) is 5.79. The van der Waals surface area contributed by atoms with Crippen molar-refractivity contribution >= 4 is 33.6 Å². The summed E-state index contributed by atoms with van der Waals surface area (Å²) >= 11 is 3.43. The van der Waals surface area contributed by atoms with Gasteiger partial charge in [0.2, 0.25) is 5.92 Å². The van der Waals surface area contributed by atoms with Gasteiger partial charge in [-0.25, -0.2) is 13.6 Å². The number of hydrogen-bond acceptors (Lipinski definition) is 4. The van der Waals surface area contributed by atoms with Gasteiger partial charge in [0.05, 0.1) is 21.3 Å². The number of anilines is 1. The number of pyridine rings is 1. The van der Waals surface area contributed by atoms with E-state index in [4.69, 9.17) is 5.11 Å². The Morgan fingerprint density at radius 3 is 2.61 bits per heavy atom. The van der Waals surface area contributed by atoms with E-state index < -0.39 is 17.6 Å². The van der Waals surface area contributed by atoms with Crippen LogP contribution in [0.15, 0.2) is 16.9 Å². The van der Waals surface area contributed by atoms with Gasteiger partial charge in [-0.15, -0.1) is 0 Å². The second-order valence-electron chi connectivity index (χ2n) is 7.78. The fourth-order valence-electron chi connectivity index (χ4n) is 3.88. The van der Waals surface area contributed by atoms with Gasteiger partial charge >= 0.3 is 6.09 Å². The van der Waals surface area contributed by atoms with Gasteiger partial charge in [-0.3, -0.25) is 9.78 Å². The highest BCUT2D eigenvalue weighted by atomic mass is 79.9. The lowest BCUT2D eigenvalue weighted by molar-refractivity contribution is -0.0399. The Balaban J connectivity index is 1.75. The monoisotopic (exact) mass is 460 g/mol. The van der Waals surface area contributed by atoms with Crippen molar-refractivity contribution in [3.63, 3.8) is 0 Å². The summed E-state index contributed by atoms with van der Waals surface area (Å²) in [7, 11) is 0. The molecule has 1 atom stereocenters. The maximum Gasteiger partial charge on any atom is 0.405 e. The van der Waals surface area contributed by atoms with Crippen LogP contribution in [0.1, 0.15) is 49.4 Å². The molecule has 1 aromatic heterocycles. The second kappa shape index (κ2) is 7.81. The fourth-order valence-corrected chi connectivity index (χ4v) is 4.46. The molecule has 0 aromatic carbocycles. The average Bonchev–Trinajstić information content (AvgIpc) is 2.97. The van der Waals surface area contributed by atoms with E-state index in [0.717, 1.165) is 0 Å². The van der Waals surface area contributed by atoms with Gasteiger partial charge in [-0.1, -0.05) is 0 Å². The Morgan fingerprint density at radius 1 is 1.29 bits per heavy atom. The maximum absolute atomic E-state index is 13.3. The van der Waals surface area contributed by atoms with Gasteiger partial charge in [0, 0.05) is 44.4 Å². The molecule has 2 amide bonds. The summed E-state index contributed by atoms with van der Waals surface area (Å²) < 4.78 is 27.3. The van der Waals surface area contributed by atoms with Crippen molar-refractivity contribution in [3.05, 3.63) is 22.4 Å². The molecule has 1 aliphatic carbocycles. The fraction of sp³-hybridized carbons (Fsp3) is 0.611. The first-order valence-corrected chi connectivity index (χ1v) is 9.96. The molecule has 0 radical (unpaired) electrons. The third-order valence-corrected chi connectivity index (χ3v) is 5.95. The van der Waals surface area contributed by atoms with Crippen LogP contribution in [0.2, 0.25) is 0 Å². The quantitative estimate of drug-likeness (QED) is 0.639. The molecule has 2 fully saturated rings. The van der Waals surface area contributed by atoms with Gasteiger partial charge in [0.25, 0.3) is 5.91 Å². The van der Waals surface area contributed by atoms with Crippen LogP contribution in [-0.2, 0) is 0 Å². The number of carboxylic acid groups (broad SMARTS) is 1. The van der Waals surface area contributed by atoms with E-state index in [1.165, 1.54) is 6.20 Å². The van der Waals surface area contributed by atoms with E-state index >= 15 is 0 Å².